The number of aromatic nitrogens is 2. The highest BCUT2D eigenvalue weighted by Crippen LogP contribution is 2.18. The first-order valence-electron chi connectivity index (χ1n) is 12.4. The van der Waals surface area contributed by atoms with Crippen LogP contribution in [0.4, 0.5) is 0 Å². The number of hydrogen-bond acceptors (Lipinski definition) is 9. The van der Waals surface area contributed by atoms with E-state index < -0.39 is 39.2 Å². The number of benzene rings is 1. The third-order valence-corrected chi connectivity index (χ3v) is 7.99. The molecule has 1 fully saturated rings. The van der Waals surface area contributed by atoms with Crippen LogP contribution in [0.5, 0.6) is 0 Å². The molecule has 37 heavy (non-hydrogen) atoms. The molecule has 2 atom stereocenters. The topological polar surface area (TPSA) is 149 Å². The minimum Gasteiger partial charge on any atom is -0.378 e. The molecular weight excluding hydrogens is 500 g/mol. The van der Waals surface area contributed by atoms with Crippen molar-refractivity contribution in [1.29, 1.82) is 0 Å². The van der Waals surface area contributed by atoms with Gasteiger partial charge in [0.15, 0.2) is 9.84 Å². The normalized spacial score (nSPS) is 15.8. The molecule has 0 unspecified atom stereocenters. The van der Waals surface area contributed by atoms with Gasteiger partial charge in [-0.3, -0.25) is 14.4 Å². The van der Waals surface area contributed by atoms with Gasteiger partial charge in [0.1, 0.15) is 0 Å². The molecule has 2 amide bonds. The fourth-order valence-corrected chi connectivity index (χ4v) is 6.12. The van der Waals surface area contributed by atoms with Gasteiger partial charge in [-0.15, -0.1) is 0 Å². The second-order valence-electron chi connectivity index (χ2n) is 9.49. The summed E-state index contributed by atoms with van der Waals surface area (Å²) in [7, 11) is -3.63. The summed E-state index contributed by atoms with van der Waals surface area (Å²) in [6.07, 6.45) is -0.0804. The lowest BCUT2D eigenvalue weighted by atomic mass is 10.0. The molecule has 0 aliphatic carbocycles. The fraction of sp³-hybridized carbons (Fsp3) is 0.560. The molecule has 0 radical (unpaired) electrons. The van der Waals surface area contributed by atoms with Gasteiger partial charge in [-0.05, 0) is 12.3 Å². The Morgan fingerprint density at radius 1 is 1.08 bits per heavy atom. The average Bonchev–Trinajstić information content (AvgIpc) is 3.37. The van der Waals surface area contributed by atoms with Crippen molar-refractivity contribution in [3.05, 3.63) is 36.2 Å². The van der Waals surface area contributed by atoms with Gasteiger partial charge >= 0.3 is 0 Å². The van der Waals surface area contributed by atoms with E-state index in [9.17, 15) is 22.8 Å². The van der Waals surface area contributed by atoms with Crippen molar-refractivity contribution in [3.63, 3.8) is 0 Å². The molecule has 1 aliphatic heterocycles. The average molecular weight is 535 g/mol. The van der Waals surface area contributed by atoms with E-state index in [1.807, 2.05) is 6.07 Å². The molecular formula is C25H34N4O7S. The lowest BCUT2D eigenvalue weighted by Gasteiger charge is -2.28. The molecule has 0 spiro atoms. The van der Waals surface area contributed by atoms with Crippen LogP contribution in [0.15, 0.2) is 34.9 Å². The van der Waals surface area contributed by atoms with Gasteiger partial charge in [0.05, 0.1) is 36.7 Å². The number of ketones is 1. The Labute approximate surface area is 216 Å². The van der Waals surface area contributed by atoms with E-state index in [0.717, 1.165) is 0 Å². The van der Waals surface area contributed by atoms with Crippen molar-refractivity contribution in [1.82, 2.24) is 20.4 Å². The van der Waals surface area contributed by atoms with Crippen molar-refractivity contribution < 1.29 is 32.1 Å². The number of sulfone groups is 1. The summed E-state index contributed by atoms with van der Waals surface area (Å²) in [5.74, 6) is -3.51. The van der Waals surface area contributed by atoms with E-state index in [4.69, 9.17) is 9.26 Å². The Bertz CT molecular complexity index is 1170. The SMILES string of the molecule is CC[C@@H](NC(=O)[C@H](CC(=O)N1CCOCC1)CS(=O)(=O)CC(C)C)C(=O)c1nc(-c2ccccc2)no1. The summed E-state index contributed by atoms with van der Waals surface area (Å²) in [5, 5.41) is 6.47. The van der Waals surface area contributed by atoms with E-state index in [0.29, 0.717) is 31.9 Å². The van der Waals surface area contributed by atoms with Gasteiger partial charge in [0, 0.05) is 25.1 Å². The number of rotatable bonds is 12. The van der Waals surface area contributed by atoms with E-state index in [-0.39, 0.29) is 42.1 Å². The predicted octanol–water partition coefficient (Wildman–Crippen LogP) is 1.75. The highest BCUT2D eigenvalue weighted by molar-refractivity contribution is 7.91. The fourth-order valence-electron chi connectivity index (χ4n) is 4.08. The van der Waals surface area contributed by atoms with Gasteiger partial charge < -0.3 is 19.5 Å². The first kappa shape index (κ1) is 28.5. The van der Waals surface area contributed by atoms with Crippen LogP contribution in [0.25, 0.3) is 11.4 Å². The Morgan fingerprint density at radius 3 is 2.38 bits per heavy atom. The summed E-state index contributed by atoms with van der Waals surface area (Å²) in [6, 6.07) is 7.95. The quantitative estimate of drug-likeness (QED) is 0.402. The van der Waals surface area contributed by atoms with E-state index in [1.165, 1.54) is 0 Å². The Morgan fingerprint density at radius 2 is 1.76 bits per heavy atom. The Balaban J connectivity index is 1.75. The first-order valence-corrected chi connectivity index (χ1v) is 14.2. The second-order valence-corrected chi connectivity index (χ2v) is 11.6. The number of hydrogen-bond donors (Lipinski definition) is 1. The number of morpholine rings is 1. The highest BCUT2D eigenvalue weighted by Gasteiger charge is 2.34. The number of amides is 2. The number of carbonyl (C=O) groups is 3. The van der Waals surface area contributed by atoms with Crippen LogP contribution in [0.3, 0.4) is 0 Å². The summed E-state index contributed by atoms with van der Waals surface area (Å²) in [6.45, 7) is 6.76. The molecule has 3 rings (SSSR count). The number of carbonyl (C=O) groups excluding carboxylic acids is 3. The zero-order chi connectivity index (χ0) is 27.0. The third kappa shape index (κ3) is 8.19. The number of nitrogens with one attached hydrogen (secondary N) is 1. The van der Waals surface area contributed by atoms with Crippen LogP contribution in [-0.2, 0) is 24.2 Å². The molecule has 1 saturated heterocycles. The molecule has 1 aromatic heterocycles. The smallest absolute Gasteiger partial charge is 0.296 e. The summed E-state index contributed by atoms with van der Waals surface area (Å²) < 4.78 is 35.9. The van der Waals surface area contributed by atoms with E-state index in [2.05, 4.69) is 15.5 Å². The second kappa shape index (κ2) is 12.9. The minimum atomic E-state index is -3.63. The van der Waals surface area contributed by atoms with Crippen LogP contribution >= 0.6 is 0 Å². The Kier molecular flexibility index (Phi) is 9.93. The zero-order valence-electron chi connectivity index (χ0n) is 21.4. The van der Waals surface area contributed by atoms with Gasteiger partial charge in [-0.2, -0.15) is 4.98 Å². The summed E-state index contributed by atoms with van der Waals surface area (Å²) in [4.78, 5) is 44.9. The lowest BCUT2D eigenvalue weighted by molar-refractivity contribution is -0.139. The number of Topliss-reactive ketones (excluding diaryl/α,β-unsaturated/α-hetero) is 1. The maximum Gasteiger partial charge on any atom is 0.296 e. The van der Waals surface area contributed by atoms with Crippen LogP contribution in [0, 0.1) is 11.8 Å². The van der Waals surface area contributed by atoms with Crippen molar-refractivity contribution in [2.75, 3.05) is 37.8 Å². The molecule has 0 saturated carbocycles. The molecule has 12 heteroatoms. The van der Waals surface area contributed by atoms with E-state index in [1.54, 1.807) is 49.9 Å². The summed E-state index contributed by atoms with van der Waals surface area (Å²) >= 11 is 0. The van der Waals surface area contributed by atoms with E-state index >= 15 is 0 Å². The molecule has 0 bridgehead atoms. The standard InChI is InChI=1S/C25H34N4O7S/c1-4-20(22(31)25-27-23(28-36-25)18-8-6-5-7-9-18)26-24(32)19(16-37(33,34)15-17(2)3)14-21(30)29-10-12-35-13-11-29/h5-9,17,19-20H,4,10-16H2,1-3H3,(H,26,32)/t19-,20-/m1/s1. The number of ether oxygens (including phenoxy) is 1. The lowest BCUT2D eigenvalue weighted by Crippen LogP contribution is -2.47. The minimum absolute atomic E-state index is 0.108. The molecule has 1 aliphatic rings. The Hall–Kier alpha value is -3.12. The van der Waals surface area contributed by atoms with Gasteiger partial charge in [-0.1, -0.05) is 56.3 Å². The molecule has 11 nitrogen and oxygen atoms in total. The van der Waals surface area contributed by atoms with Crippen molar-refractivity contribution in [2.45, 2.75) is 39.7 Å². The molecule has 1 N–H and O–H groups in total. The van der Waals surface area contributed by atoms with Crippen LogP contribution < -0.4 is 5.32 Å². The van der Waals surface area contributed by atoms with Crippen molar-refractivity contribution >= 4 is 27.4 Å². The highest BCUT2D eigenvalue weighted by atomic mass is 32.2. The van der Waals surface area contributed by atoms with Crippen molar-refractivity contribution in [3.8, 4) is 11.4 Å². The molecule has 2 aromatic rings. The number of nitrogens with zero attached hydrogens (tertiary/aromatic N) is 3. The van der Waals surface area contributed by atoms with Gasteiger partial charge in [0.25, 0.3) is 5.89 Å². The van der Waals surface area contributed by atoms with Gasteiger partial charge in [0.2, 0.25) is 23.4 Å². The van der Waals surface area contributed by atoms with Crippen molar-refractivity contribution in [2.24, 2.45) is 11.8 Å². The maximum absolute atomic E-state index is 13.3. The molecule has 1 aromatic carbocycles. The molecule has 202 valence electrons. The van der Waals surface area contributed by atoms with Crippen LogP contribution in [-0.4, -0.2) is 84.9 Å². The molecule has 2 heterocycles. The third-order valence-electron chi connectivity index (χ3n) is 5.91. The van der Waals surface area contributed by atoms with Crippen LogP contribution in [0.1, 0.15) is 44.3 Å². The monoisotopic (exact) mass is 534 g/mol. The van der Waals surface area contributed by atoms with Gasteiger partial charge in [-0.25, -0.2) is 8.42 Å². The predicted molar refractivity (Wildman–Crippen MR) is 135 cm³/mol. The maximum atomic E-state index is 13.3. The summed E-state index contributed by atoms with van der Waals surface area (Å²) in [5.41, 5.74) is 0.666. The van der Waals surface area contributed by atoms with Crippen LogP contribution in [0.2, 0.25) is 0 Å². The zero-order valence-corrected chi connectivity index (χ0v) is 22.2. The largest absolute Gasteiger partial charge is 0.378 e. The first-order chi connectivity index (χ1) is 17.6.